The lowest BCUT2D eigenvalue weighted by Gasteiger charge is -2.44. The van der Waals surface area contributed by atoms with E-state index in [1.807, 2.05) is 0 Å². The quantitative estimate of drug-likeness (QED) is 0.201. The first-order valence-corrected chi connectivity index (χ1v) is 13.7. The second-order valence-corrected chi connectivity index (χ2v) is 10.3. The predicted octanol–water partition coefficient (Wildman–Crippen LogP) is 2.16. The van der Waals surface area contributed by atoms with E-state index in [2.05, 4.69) is 0 Å². The Hall–Kier alpha value is -5.11. The molecule has 45 heavy (non-hydrogen) atoms. The Kier molecular flexibility index (Phi) is 9.66. The summed E-state index contributed by atoms with van der Waals surface area (Å²) in [5.74, 6) is -5.52. The molecule has 2 aromatic carbocycles. The van der Waals surface area contributed by atoms with Gasteiger partial charge in [-0.3, -0.25) is 33.6 Å². The number of ketones is 2. The van der Waals surface area contributed by atoms with Gasteiger partial charge in [0.1, 0.15) is 24.2 Å². The molecule has 0 N–H and O–H groups in total. The maximum absolute atomic E-state index is 14.0. The lowest BCUT2D eigenvalue weighted by atomic mass is 9.82. The molecular formula is C31H30O14. The number of benzene rings is 2. The molecule has 0 bridgehead atoms. The fraction of sp³-hybridized carbons (Fsp3) is 0.387. The van der Waals surface area contributed by atoms with Crippen LogP contribution in [0, 0.1) is 6.92 Å². The minimum Gasteiger partial charge on any atom is -0.463 e. The molecule has 1 heterocycles. The fourth-order valence-electron chi connectivity index (χ4n) is 5.13. The third kappa shape index (κ3) is 7.17. The Morgan fingerprint density at radius 1 is 0.689 bits per heavy atom. The first-order valence-electron chi connectivity index (χ1n) is 13.7. The highest BCUT2D eigenvalue weighted by molar-refractivity contribution is 6.30. The zero-order valence-corrected chi connectivity index (χ0v) is 25.2. The third-order valence-corrected chi connectivity index (χ3v) is 6.66. The molecule has 0 saturated carbocycles. The number of hydrogen-bond donors (Lipinski definition) is 0. The average molecular weight is 627 g/mol. The van der Waals surface area contributed by atoms with Gasteiger partial charge in [-0.25, -0.2) is 0 Å². The van der Waals surface area contributed by atoms with Crippen molar-refractivity contribution < 1.29 is 66.7 Å². The molecular weight excluding hydrogens is 596 g/mol. The van der Waals surface area contributed by atoms with Crippen LogP contribution in [0.2, 0.25) is 0 Å². The van der Waals surface area contributed by atoms with Crippen molar-refractivity contribution in [1.29, 1.82) is 0 Å². The van der Waals surface area contributed by atoms with Crippen molar-refractivity contribution in [1.82, 2.24) is 0 Å². The SMILES string of the molecule is CC(=O)OC[C@H]1O[C@@H](Oc2cccc3c2C(=O)c2c(OC(C)=O)cc(C)cc2C3=O)[C@H](OC(C)=O)[C@@H](OC(C)=O)[C@@H]1OC(C)=O. The molecule has 4 rings (SSSR count). The molecule has 2 aromatic rings. The Labute approximate surface area is 256 Å². The summed E-state index contributed by atoms with van der Waals surface area (Å²) >= 11 is 0. The van der Waals surface area contributed by atoms with Crippen LogP contribution < -0.4 is 9.47 Å². The van der Waals surface area contributed by atoms with Crippen LogP contribution in [-0.4, -0.2) is 78.7 Å². The van der Waals surface area contributed by atoms with Gasteiger partial charge < -0.3 is 33.2 Å². The van der Waals surface area contributed by atoms with Crippen molar-refractivity contribution in [3.63, 3.8) is 0 Å². The number of rotatable bonds is 8. The van der Waals surface area contributed by atoms with Crippen molar-refractivity contribution in [3.8, 4) is 11.5 Å². The van der Waals surface area contributed by atoms with E-state index in [-0.39, 0.29) is 33.8 Å². The number of carbonyl (C=O) groups excluding carboxylic acids is 7. The van der Waals surface area contributed by atoms with Crippen LogP contribution in [0.3, 0.4) is 0 Å². The highest BCUT2D eigenvalue weighted by atomic mass is 16.7. The Morgan fingerprint density at radius 3 is 1.89 bits per heavy atom. The molecule has 5 atom stereocenters. The molecule has 1 aliphatic carbocycles. The van der Waals surface area contributed by atoms with Crippen molar-refractivity contribution in [3.05, 3.63) is 58.1 Å². The van der Waals surface area contributed by atoms with Crippen LogP contribution in [0.15, 0.2) is 30.3 Å². The summed E-state index contributed by atoms with van der Waals surface area (Å²) in [7, 11) is 0. The summed E-state index contributed by atoms with van der Waals surface area (Å²) in [6, 6.07) is 7.14. The van der Waals surface area contributed by atoms with E-state index in [1.165, 1.54) is 30.3 Å². The van der Waals surface area contributed by atoms with Crippen LogP contribution in [0.1, 0.15) is 72.0 Å². The van der Waals surface area contributed by atoms with Gasteiger partial charge in [0.2, 0.25) is 18.2 Å². The number of ether oxygens (including phenoxy) is 7. The molecule has 238 valence electrons. The molecule has 2 aliphatic rings. The standard InChI is InChI=1S/C31H30O14/c1-13-10-20-25(22(11-13)40-15(3)33)27(38)24-19(26(20)37)8-7-9-21(24)44-31-30(43-18(6)36)29(42-17(5)35)28(41-16(4)34)23(45-31)12-39-14(2)32/h7-11,23,28-31H,12H2,1-6H3/t23-,28-,29+,30-,31-/m1/s1. The summed E-state index contributed by atoms with van der Waals surface area (Å²) in [5, 5.41) is 0. The molecule has 1 aliphatic heterocycles. The van der Waals surface area contributed by atoms with E-state index in [0.29, 0.717) is 5.56 Å². The number of aryl methyl sites for hydroxylation is 1. The van der Waals surface area contributed by atoms with Crippen LogP contribution in [0.4, 0.5) is 0 Å². The average Bonchev–Trinajstić information content (AvgIpc) is 2.92. The lowest BCUT2D eigenvalue weighted by Crippen LogP contribution is -2.63. The van der Waals surface area contributed by atoms with Crippen LogP contribution in [0.25, 0.3) is 0 Å². The predicted molar refractivity (Wildman–Crippen MR) is 148 cm³/mol. The summed E-state index contributed by atoms with van der Waals surface area (Å²) in [4.78, 5) is 87.4. The zero-order valence-electron chi connectivity index (χ0n) is 25.2. The van der Waals surface area contributed by atoms with E-state index in [4.69, 9.17) is 33.2 Å². The molecule has 14 nitrogen and oxygen atoms in total. The molecule has 0 spiro atoms. The van der Waals surface area contributed by atoms with E-state index in [9.17, 15) is 33.6 Å². The largest absolute Gasteiger partial charge is 0.463 e. The smallest absolute Gasteiger partial charge is 0.308 e. The maximum atomic E-state index is 14.0. The zero-order chi connectivity index (χ0) is 33.2. The molecule has 0 amide bonds. The molecule has 0 unspecified atom stereocenters. The highest BCUT2D eigenvalue weighted by Crippen LogP contribution is 2.40. The second kappa shape index (κ2) is 13.3. The van der Waals surface area contributed by atoms with Gasteiger partial charge in [-0.15, -0.1) is 0 Å². The minimum atomic E-state index is -1.66. The number of carbonyl (C=O) groups is 7. The van der Waals surface area contributed by atoms with Gasteiger partial charge in [0.25, 0.3) is 0 Å². The first kappa shape index (κ1) is 32.8. The Morgan fingerprint density at radius 2 is 1.29 bits per heavy atom. The van der Waals surface area contributed by atoms with Crippen molar-refractivity contribution in [2.45, 2.75) is 72.2 Å². The normalized spacial score (nSPS) is 21.9. The summed E-state index contributed by atoms with van der Waals surface area (Å²) in [6.07, 6.45) is -7.50. The highest BCUT2D eigenvalue weighted by Gasteiger charge is 2.53. The van der Waals surface area contributed by atoms with E-state index in [1.54, 1.807) is 6.92 Å². The summed E-state index contributed by atoms with van der Waals surface area (Å²) < 4.78 is 38.6. The van der Waals surface area contributed by atoms with E-state index in [0.717, 1.165) is 34.6 Å². The van der Waals surface area contributed by atoms with Crippen LogP contribution >= 0.6 is 0 Å². The van der Waals surface area contributed by atoms with Gasteiger partial charge in [-0.1, -0.05) is 12.1 Å². The van der Waals surface area contributed by atoms with Gasteiger partial charge in [0.05, 0.1) is 11.1 Å². The number of hydrogen-bond acceptors (Lipinski definition) is 14. The second-order valence-electron chi connectivity index (χ2n) is 10.3. The lowest BCUT2D eigenvalue weighted by molar-refractivity contribution is -0.288. The summed E-state index contributed by atoms with van der Waals surface area (Å²) in [5.41, 5.74) is 0.189. The fourth-order valence-corrected chi connectivity index (χ4v) is 5.13. The molecule has 1 fully saturated rings. The van der Waals surface area contributed by atoms with Gasteiger partial charge in [-0.05, 0) is 30.7 Å². The Bertz CT molecular complexity index is 1590. The number of esters is 5. The van der Waals surface area contributed by atoms with Gasteiger partial charge in [-0.2, -0.15) is 0 Å². The van der Waals surface area contributed by atoms with Crippen molar-refractivity contribution in [2.24, 2.45) is 0 Å². The van der Waals surface area contributed by atoms with Gasteiger partial charge >= 0.3 is 29.8 Å². The van der Waals surface area contributed by atoms with Crippen LogP contribution in [0.5, 0.6) is 11.5 Å². The molecule has 0 aromatic heterocycles. The Balaban J connectivity index is 1.82. The van der Waals surface area contributed by atoms with E-state index >= 15 is 0 Å². The third-order valence-electron chi connectivity index (χ3n) is 6.66. The minimum absolute atomic E-state index is 0.0215. The molecule has 14 heteroatoms. The van der Waals surface area contributed by atoms with Crippen molar-refractivity contribution in [2.75, 3.05) is 6.61 Å². The first-order chi connectivity index (χ1) is 21.2. The molecule has 1 saturated heterocycles. The van der Waals surface area contributed by atoms with Crippen LogP contribution in [-0.2, 0) is 47.7 Å². The monoisotopic (exact) mass is 626 g/mol. The van der Waals surface area contributed by atoms with Gasteiger partial charge in [0, 0.05) is 45.7 Å². The van der Waals surface area contributed by atoms with E-state index < -0.39 is 78.7 Å². The van der Waals surface area contributed by atoms with Gasteiger partial charge in [0.15, 0.2) is 18.0 Å². The molecule has 0 radical (unpaired) electrons. The topological polar surface area (TPSA) is 184 Å². The van der Waals surface area contributed by atoms with Crippen molar-refractivity contribution >= 4 is 41.4 Å². The summed E-state index contributed by atoms with van der Waals surface area (Å²) in [6.45, 7) is 6.67. The number of fused-ring (bicyclic) bond motifs is 2. The maximum Gasteiger partial charge on any atom is 0.308 e.